The Morgan fingerprint density at radius 2 is 1.71 bits per heavy atom. The zero-order valence-corrected chi connectivity index (χ0v) is 11.7. The summed E-state index contributed by atoms with van der Waals surface area (Å²) < 4.78 is 66.7. The average Bonchev–Trinajstić information content (AvgIpc) is 2.36. The van der Waals surface area contributed by atoms with Crippen molar-refractivity contribution in [2.45, 2.75) is 23.7 Å². The number of carbonyl (C=O) groups excluding carboxylic acids is 1. The number of nitrogens with one attached hydrogen (secondary N) is 1. The summed E-state index contributed by atoms with van der Waals surface area (Å²) >= 11 is 0. The van der Waals surface area contributed by atoms with Crippen LogP contribution in [0.25, 0.3) is 0 Å². The molecule has 1 rings (SSSR count). The number of aliphatic hydroxyl groups is 1. The van der Waals surface area contributed by atoms with Crippen LogP contribution in [0.15, 0.2) is 29.2 Å². The number of halogens is 3. The number of ether oxygens (including phenoxy) is 1. The van der Waals surface area contributed by atoms with Gasteiger partial charge in [-0.1, -0.05) is 17.7 Å². The third-order valence-electron chi connectivity index (χ3n) is 2.50. The number of carbonyl (C=O) groups is 1. The summed E-state index contributed by atoms with van der Waals surface area (Å²) in [5, 5.41) is 9.38. The van der Waals surface area contributed by atoms with Crippen LogP contribution in [0.3, 0.4) is 0 Å². The molecule has 0 aromatic heterocycles. The number of hydrogen-bond acceptors (Lipinski definition) is 5. The molecule has 0 radical (unpaired) electrons. The monoisotopic (exact) mass is 327 g/mol. The van der Waals surface area contributed by atoms with E-state index in [1.54, 1.807) is 6.92 Å². The maximum atomic E-state index is 12.8. The molecular weight excluding hydrogens is 315 g/mol. The molecule has 118 valence electrons. The van der Waals surface area contributed by atoms with E-state index in [0.29, 0.717) is 12.7 Å². The third-order valence-corrected chi connectivity index (χ3v) is 3.96. The van der Waals surface area contributed by atoms with Crippen molar-refractivity contribution in [3.05, 3.63) is 29.8 Å². The van der Waals surface area contributed by atoms with E-state index in [-0.39, 0.29) is 0 Å². The Hall–Kier alpha value is -1.65. The lowest BCUT2D eigenvalue weighted by molar-refractivity contribution is -0.265. The Balaban J connectivity index is 3.26. The van der Waals surface area contributed by atoms with Crippen molar-refractivity contribution in [3.63, 3.8) is 0 Å². The van der Waals surface area contributed by atoms with Crippen LogP contribution in [0, 0.1) is 6.92 Å². The smallest absolute Gasteiger partial charge is 0.443 e. The van der Waals surface area contributed by atoms with Gasteiger partial charge in [-0.2, -0.15) is 17.9 Å². The lowest BCUT2D eigenvalue weighted by Gasteiger charge is -2.27. The highest BCUT2D eigenvalue weighted by molar-refractivity contribution is 7.89. The summed E-state index contributed by atoms with van der Waals surface area (Å²) in [6.45, 7) is 1.64. The molecule has 0 heterocycles. The standard InChI is InChI=1S/C11H12F3NO5S/c1-7-3-5-8(6-4-7)21(18,19)15-10(17,9(16)20-2)11(12,13)14/h3-6,15,17H,1-2H3/t10-/m1/s1. The third kappa shape index (κ3) is 3.52. The highest BCUT2D eigenvalue weighted by atomic mass is 32.2. The summed E-state index contributed by atoms with van der Waals surface area (Å²) in [5.74, 6) is -2.19. The first-order chi connectivity index (χ1) is 9.44. The molecule has 0 spiro atoms. The molecular formula is C11H12F3NO5S. The van der Waals surface area contributed by atoms with Crippen LogP contribution >= 0.6 is 0 Å². The second kappa shape index (κ2) is 5.62. The van der Waals surface area contributed by atoms with Crippen molar-refractivity contribution in [2.75, 3.05) is 7.11 Å². The zero-order valence-electron chi connectivity index (χ0n) is 10.9. The van der Waals surface area contributed by atoms with E-state index < -0.39 is 32.8 Å². The summed E-state index contributed by atoms with van der Waals surface area (Å²) in [5.41, 5.74) is -3.70. The SMILES string of the molecule is COC(=O)[C@](O)(NS(=O)(=O)c1ccc(C)cc1)C(F)(F)F. The van der Waals surface area contributed by atoms with Gasteiger partial charge < -0.3 is 9.84 Å². The Bertz CT molecular complexity index is 626. The Morgan fingerprint density at radius 3 is 2.10 bits per heavy atom. The van der Waals surface area contributed by atoms with E-state index >= 15 is 0 Å². The van der Waals surface area contributed by atoms with E-state index in [4.69, 9.17) is 0 Å². The van der Waals surface area contributed by atoms with Crippen molar-refractivity contribution < 1.29 is 36.2 Å². The topological polar surface area (TPSA) is 92.7 Å². The van der Waals surface area contributed by atoms with Crippen molar-refractivity contribution >= 4 is 16.0 Å². The van der Waals surface area contributed by atoms with Crippen molar-refractivity contribution in [1.29, 1.82) is 0 Å². The molecule has 1 aromatic carbocycles. The van der Waals surface area contributed by atoms with Crippen molar-refractivity contribution in [1.82, 2.24) is 4.72 Å². The fourth-order valence-corrected chi connectivity index (χ4v) is 2.53. The number of esters is 1. The number of benzene rings is 1. The second-order valence-electron chi connectivity index (χ2n) is 4.12. The summed E-state index contributed by atoms with van der Waals surface area (Å²) in [4.78, 5) is 10.6. The summed E-state index contributed by atoms with van der Waals surface area (Å²) in [6.07, 6.45) is -5.60. The number of aryl methyl sites for hydroxylation is 1. The molecule has 0 aliphatic carbocycles. The number of alkyl halides is 3. The van der Waals surface area contributed by atoms with Gasteiger partial charge in [0.2, 0.25) is 10.0 Å². The summed E-state index contributed by atoms with van der Waals surface area (Å²) in [7, 11) is -4.21. The first-order valence-corrected chi connectivity index (χ1v) is 6.90. The van der Waals surface area contributed by atoms with Gasteiger partial charge in [0.25, 0.3) is 0 Å². The van der Waals surface area contributed by atoms with Gasteiger partial charge in [-0.15, -0.1) is 0 Å². The predicted octanol–water partition coefficient (Wildman–Crippen LogP) is 0.697. The van der Waals surface area contributed by atoms with Gasteiger partial charge in [0.1, 0.15) is 0 Å². The number of methoxy groups -OCH3 is 1. The van der Waals surface area contributed by atoms with Gasteiger partial charge in [0.15, 0.2) is 0 Å². The molecule has 1 atom stereocenters. The van der Waals surface area contributed by atoms with E-state index in [0.717, 1.165) is 16.9 Å². The molecule has 21 heavy (non-hydrogen) atoms. The molecule has 2 N–H and O–H groups in total. The maximum absolute atomic E-state index is 12.8. The average molecular weight is 327 g/mol. The van der Waals surface area contributed by atoms with Crippen LogP contribution < -0.4 is 4.72 Å². The van der Waals surface area contributed by atoms with Crippen molar-refractivity contribution in [3.8, 4) is 0 Å². The van der Waals surface area contributed by atoms with Gasteiger partial charge in [-0.05, 0) is 19.1 Å². The van der Waals surface area contributed by atoms with Crippen LogP contribution in [0.1, 0.15) is 5.56 Å². The lowest BCUT2D eigenvalue weighted by atomic mass is 10.2. The van der Waals surface area contributed by atoms with E-state index in [2.05, 4.69) is 4.74 Å². The van der Waals surface area contributed by atoms with Crippen LogP contribution in [0.5, 0.6) is 0 Å². The zero-order chi connectivity index (χ0) is 16.5. The fraction of sp³-hybridized carbons (Fsp3) is 0.364. The predicted molar refractivity (Wildman–Crippen MR) is 64.5 cm³/mol. The van der Waals surface area contributed by atoms with Crippen LogP contribution in [-0.4, -0.2) is 38.5 Å². The molecule has 0 aliphatic heterocycles. The highest BCUT2D eigenvalue weighted by Crippen LogP contribution is 2.31. The van der Waals surface area contributed by atoms with E-state index in [1.165, 1.54) is 12.1 Å². The van der Waals surface area contributed by atoms with E-state index in [9.17, 15) is 31.5 Å². The van der Waals surface area contributed by atoms with E-state index in [1.807, 2.05) is 0 Å². The van der Waals surface area contributed by atoms with Crippen LogP contribution in [0.2, 0.25) is 0 Å². The van der Waals surface area contributed by atoms with Crippen LogP contribution in [-0.2, 0) is 19.6 Å². The Kier molecular flexibility index (Phi) is 4.66. The maximum Gasteiger partial charge on any atom is 0.443 e. The molecule has 0 unspecified atom stereocenters. The number of rotatable bonds is 4. The minimum atomic E-state index is -5.60. The summed E-state index contributed by atoms with van der Waals surface area (Å²) in [6, 6.07) is 4.76. The number of hydrogen-bond donors (Lipinski definition) is 2. The minimum Gasteiger partial charge on any atom is -0.466 e. The number of sulfonamides is 1. The highest BCUT2D eigenvalue weighted by Gasteiger charge is 2.63. The molecule has 0 amide bonds. The normalized spacial score (nSPS) is 15.3. The lowest BCUT2D eigenvalue weighted by Crippen LogP contribution is -2.64. The molecule has 0 fully saturated rings. The Morgan fingerprint density at radius 1 is 1.24 bits per heavy atom. The Labute approximate surface area is 118 Å². The first kappa shape index (κ1) is 17.4. The van der Waals surface area contributed by atoms with Gasteiger partial charge in [-0.3, -0.25) is 0 Å². The second-order valence-corrected chi connectivity index (χ2v) is 5.80. The molecule has 0 saturated carbocycles. The molecule has 0 saturated heterocycles. The van der Waals surface area contributed by atoms with Gasteiger partial charge in [0, 0.05) is 0 Å². The molecule has 0 aliphatic rings. The van der Waals surface area contributed by atoms with Crippen LogP contribution in [0.4, 0.5) is 13.2 Å². The minimum absolute atomic E-state index is 0.542. The van der Waals surface area contributed by atoms with Gasteiger partial charge in [0.05, 0.1) is 12.0 Å². The molecule has 10 heteroatoms. The molecule has 0 bridgehead atoms. The molecule has 1 aromatic rings. The largest absolute Gasteiger partial charge is 0.466 e. The van der Waals surface area contributed by atoms with Gasteiger partial charge in [-0.25, -0.2) is 13.2 Å². The van der Waals surface area contributed by atoms with Crippen molar-refractivity contribution in [2.24, 2.45) is 0 Å². The fourth-order valence-electron chi connectivity index (χ4n) is 1.33. The van der Waals surface area contributed by atoms with Gasteiger partial charge >= 0.3 is 17.9 Å². The quantitative estimate of drug-likeness (QED) is 0.627. The first-order valence-electron chi connectivity index (χ1n) is 5.42. The molecule has 6 nitrogen and oxygen atoms in total.